The Bertz CT molecular complexity index is 1330. The highest BCUT2D eigenvalue weighted by atomic mass is 16.5. The lowest BCUT2D eigenvalue weighted by Crippen LogP contribution is -2.54. The monoisotopic (exact) mass is 559 g/mol. The molecule has 0 radical (unpaired) electrons. The predicted molar refractivity (Wildman–Crippen MR) is 157 cm³/mol. The molecule has 3 aromatic carbocycles. The third-order valence-corrected chi connectivity index (χ3v) is 8.01. The molecule has 41 heavy (non-hydrogen) atoms. The number of amides is 2. The van der Waals surface area contributed by atoms with Crippen LogP contribution in [0.5, 0.6) is 23.0 Å². The molecule has 2 aliphatic rings. The highest BCUT2D eigenvalue weighted by Crippen LogP contribution is 2.46. The van der Waals surface area contributed by atoms with Gasteiger partial charge in [0.25, 0.3) is 0 Å². The summed E-state index contributed by atoms with van der Waals surface area (Å²) in [5, 5.41) is 0. The number of carbonyl (C=O) groups excluding carboxylic acids is 2. The average Bonchev–Trinajstić information content (AvgIpc) is 3.04. The molecule has 0 unspecified atom stereocenters. The Hall–Kier alpha value is -4.40. The van der Waals surface area contributed by atoms with E-state index in [1.54, 1.807) is 45.5 Å². The Morgan fingerprint density at radius 3 is 1.95 bits per heavy atom. The van der Waals surface area contributed by atoms with Crippen molar-refractivity contribution in [2.24, 2.45) is 5.92 Å². The van der Waals surface area contributed by atoms with E-state index in [9.17, 15) is 9.59 Å². The fourth-order valence-corrected chi connectivity index (χ4v) is 5.90. The second-order valence-electron chi connectivity index (χ2n) is 10.2. The van der Waals surface area contributed by atoms with Gasteiger partial charge < -0.3 is 33.6 Å². The molecule has 0 N–H and O–H groups in total. The van der Waals surface area contributed by atoms with Crippen LogP contribution in [0.3, 0.4) is 0 Å². The summed E-state index contributed by atoms with van der Waals surface area (Å²) in [6.45, 7) is 2.76. The van der Waals surface area contributed by atoms with Crippen molar-refractivity contribution in [3.8, 4) is 23.0 Å². The van der Waals surface area contributed by atoms with Crippen LogP contribution in [-0.2, 0) is 9.59 Å². The summed E-state index contributed by atoms with van der Waals surface area (Å²) in [6, 6.07) is 20.9. The van der Waals surface area contributed by atoms with Gasteiger partial charge in [0.1, 0.15) is 5.75 Å². The Labute approximate surface area is 241 Å². The van der Waals surface area contributed by atoms with Crippen LogP contribution in [0, 0.1) is 5.92 Å². The highest BCUT2D eigenvalue weighted by molar-refractivity contribution is 5.98. The molecule has 0 spiro atoms. The first kappa shape index (κ1) is 28.1. The lowest BCUT2D eigenvalue weighted by Gasteiger charge is -2.44. The standard InChI is InChI=1S/C32H37N3O6/c1-38-25-12-10-22(11-13-25)30-26(32(37)34-18-16-33(17-19-34)23-8-6-5-7-9-23)14-15-29(36)35(30)24-20-27(39-2)31(41-4)28(21-24)40-3/h5-13,20-21,26,30H,14-19H2,1-4H3/t26-,30-/m1/s1. The molecule has 0 saturated carbocycles. The van der Waals surface area contributed by atoms with E-state index in [1.165, 1.54) is 0 Å². The topological polar surface area (TPSA) is 80.8 Å². The van der Waals surface area contributed by atoms with Crippen LogP contribution in [0.4, 0.5) is 11.4 Å². The number of ether oxygens (including phenoxy) is 4. The zero-order valence-electron chi connectivity index (χ0n) is 24.0. The number of piperidine rings is 1. The summed E-state index contributed by atoms with van der Waals surface area (Å²) >= 11 is 0. The maximum atomic E-state index is 14.2. The normalized spacial score (nSPS) is 19.1. The maximum Gasteiger partial charge on any atom is 0.228 e. The van der Waals surface area contributed by atoms with Gasteiger partial charge in [-0.1, -0.05) is 30.3 Å². The lowest BCUT2D eigenvalue weighted by molar-refractivity contribution is -0.138. The average molecular weight is 560 g/mol. The third kappa shape index (κ3) is 5.62. The minimum absolute atomic E-state index is 0.0588. The van der Waals surface area contributed by atoms with E-state index < -0.39 is 12.0 Å². The molecule has 9 heteroatoms. The second-order valence-corrected chi connectivity index (χ2v) is 10.2. The summed E-state index contributed by atoms with van der Waals surface area (Å²) in [5.74, 6) is 1.58. The molecule has 9 nitrogen and oxygen atoms in total. The van der Waals surface area contributed by atoms with Crippen LogP contribution in [-0.4, -0.2) is 71.3 Å². The molecule has 0 bridgehead atoms. The number of nitrogens with zero attached hydrogens (tertiary/aromatic N) is 3. The van der Waals surface area contributed by atoms with E-state index in [-0.39, 0.29) is 18.2 Å². The zero-order valence-corrected chi connectivity index (χ0v) is 24.0. The third-order valence-electron chi connectivity index (χ3n) is 8.01. The summed E-state index contributed by atoms with van der Waals surface area (Å²) in [6.07, 6.45) is 0.720. The van der Waals surface area contributed by atoms with Gasteiger partial charge in [-0.3, -0.25) is 9.59 Å². The number of hydrogen-bond acceptors (Lipinski definition) is 7. The minimum Gasteiger partial charge on any atom is -0.497 e. The first-order valence-electron chi connectivity index (χ1n) is 13.8. The molecule has 2 saturated heterocycles. The molecular formula is C32H37N3O6. The van der Waals surface area contributed by atoms with Crippen LogP contribution in [0.1, 0.15) is 24.4 Å². The fraction of sp³-hybridized carbons (Fsp3) is 0.375. The number of hydrogen-bond donors (Lipinski definition) is 0. The summed E-state index contributed by atoms with van der Waals surface area (Å²) in [7, 11) is 6.24. The molecule has 216 valence electrons. The van der Waals surface area contributed by atoms with E-state index >= 15 is 0 Å². The first-order valence-corrected chi connectivity index (χ1v) is 13.8. The minimum atomic E-state index is -0.524. The summed E-state index contributed by atoms with van der Waals surface area (Å²) < 4.78 is 22.1. The first-order chi connectivity index (χ1) is 20.0. The number of para-hydroxylation sites is 1. The van der Waals surface area contributed by atoms with Crippen molar-refractivity contribution >= 4 is 23.2 Å². The van der Waals surface area contributed by atoms with Gasteiger partial charge in [0.15, 0.2) is 11.5 Å². The van der Waals surface area contributed by atoms with Crippen LogP contribution in [0.2, 0.25) is 0 Å². The molecule has 0 aliphatic carbocycles. The number of benzene rings is 3. The predicted octanol–water partition coefficient (Wildman–Crippen LogP) is 4.55. The van der Waals surface area contributed by atoms with Crippen molar-refractivity contribution in [1.82, 2.24) is 4.90 Å². The number of anilines is 2. The molecule has 2 aliphatic heterocycles. The van der Waals surface area contributed by atoms with Crippen molar-refractivity contribution in [3.63, 3.8) is 0 Å². The van der Waals surface area contributed by atoms with Gasteiger partial charge >= 0.3 is 0 Å². The molecule has 2 amide bonds. The quantitative estimate of drug-likeness (QED) is 0.401. The van der Waals surface area contributed by atoms with E-state index in [4.69, 9.17) is 18.9 Å². The van der Waals surface area contributed by atoms with E-state index in [2.05, 4.69) is 17.0 Å². The van der Waals surface area contributed by atoms with Crippen molar-refractivity contribution in [2.45, 2.75) is 18.9 Å². The Morgan fingerprint density at radius 2 is 1.39 bits per heavy atom. The Morgan fingerprint density at radius 1 is 0.756 bits per heavy atom. The maximum absolute atomic E-state index is 14.2. The smallest absolute Gasteiger partial charge is 0.228 e. The Kier molecular flexibility index (Phi) is 8.52. The van der Waals surface area contributed by atoms with Gasteiger partial charge in [0.05, 0.1) is 46.1 Å². The second kappa shape index (κ2) is 12.4. The molecule has 2 heterocycles. The van der Waals surface area contributed by atoms with E-state index in [1.807, 2.05) is 47.4 Å². The summed E-state index contributed by atoms with van der Waals surface area (Å²) in [5.41, 5.74) is 2.60. The van der Waals surface area contributed by atoms with Crippen LogP contribution >= 0.6 is 0 Å². The van der Waals surface area contributed by atoms with Crippen molar-refractivity contribution in [2.75, 3.05) is 64.4 Å². The van der Waals surface area contributed by atoms with Gasteiger partial charge in [-0.2, -0.15) is 0 Å². The van der Waals surface area contributed by atoms with Gasteiger partial charge in [-0.05, 0) is 36.2 Å². The molecule has 2 fully saturated rings. The van der Waals surface area contributed by atoms with Crippen molar-refractivity contribution in [1.29, 1.82) is 0 Å². The lowest BCUT2D eigenvalue weighted by atomic mass is 9.82. The number of piperazine rings is 1. The largest absolute Gasteiger partial charge is 0.497 e. The van der Waals surface area contributed by atoms with Gasteiger partial charge in [-0.15, -0.1) is 0 Å². The number of methoxy groups -OCH3 is 4. The number of rotatable bonds is 8. The summed E-state index contributed by atoms with van der Waals surface area (Å²) in [4.78, 5) is 33.8. The molecule has 3 aromatic rings. The number of carbonyl (C=O) groups is 2. The van der Waals surface area contributed by atoms with E-state index in [0.717, 1.165) is 24.3 Å². The SMILES string of the molecule is COc1ccc([C@@H]2[C@H](C(=O)N3CCN(c4ccccc4)CC3)CCC(=O)N2c2cc(OC)c(OC)c(OC)c2)cc1. The van der Waals surface area contributed by atoms with Gasteiger partial charge in [0, 0.05) is 50.4 Å². The van der Waals surface area contributed by atoms with Gasteiger partial charge in [-0.25, -0.2) is 0 Å². The van der Waals surface area contributed by atoms with E-state index in [0.29, 0.717) is 48.2 Å². The fourth-order valence-electron chi connectivity index (χ4n) is 5.90. The highest BCUT2D eigenvalue weighted by Gasteiger charge is 2.43. The van der Waals surface area contributed by atoms with Crippen molar-refractivity contribution < 1.29 is 28.5 Å². The molecule has 2 atom stereocenters. The Balaban J connectivity index is 1.50. The van der Waals surface area contributed by atoms with Crippen LogP contribution < -0.4 is 28.7 Å². The van der Waals surface area contributed by atoms with Crippen LogP contribution in [0.25, 0.3) is 0 Å². The van der Waals surface area contributed by atoms with Crippen molar-refractivity contribution in [3.05, 3.63) is 72.3 Å². The molecule has 0 aromatic heterocycles. The zero-order chi connectivity index (χ0) is 28.9. The molecular weight excluding hydrogens is 522 g/mol. The van der Waals surface area contributed by atoms with Crippen LogP contribution in [0.15, 0.2) is 66.7 Å². The van der Waals surface area contributed by atoms with Gasteiger partial charge in [0.2, 0.25) is 17.6 Å². The molecule has 5 rings (SSSR count).